The lowest BCUT2D eigenvalue weighted by Crippen LogP contribution is -2.37. The number of piperidine rings is 1. The Morgan fingerprint density at radius 1 is 1.23 bits per heavy atom. The molecule has 1 amide bonds. The van der Waals surface area contributed by atoms with Crippen LogP contribution in [0.15, 0.2) is 40.5 Å². The lowest BCUT2D eigenvalue weighted by Gasteiger charge is -2.29. The molecule has 2 aromatic heterocycles. The van der Waals surface area contributed by atoms with Gasteiger partial charge in [0, 0.05) is 32.6 Å². The molecule has 1 saturated heterocycles. The minimum atomic E-state index is -0.0930. The van der Waals surface area contributed by atoms with E-state index in [1.54, 1.807) is 4.57 Å². The first-order valence-electron chi connectivity index (χ1n) is 10.9. The maximum Gasteiger partial charge on any atom is 0.272 e. The quantitative estimate of drug-likeness (QED) is 0.580. The SMILES string of the molecule is CCOc1cccc(CNC(=O)CCn2c(N3CCCCC3)nc3ccsc3c2=O)c1. The molecule has 0 aliphatic carbocycles. The van der Waals surface area contributed by atoms with E-state index in [1.165, 1.54) is 17.8 Å². The molecule has 0 atom stereocenters. The fourth-order valence-corrected chi connectivity index (χ4v) is 4.66. The van der Waals surface area contributed by atoms with Gasteiger partial charge in [0.1, 0.15) is 10.4 Å². The molecule has 0 saturated carbocycles. The number of aromatic nitrogens is 2. The zero-order valence-corrected chi connectivity index (χ0v) is 18.6. The fourth-order valence-electron chi connectivity index (χ4n) is 3.88. The predicted octanol–water partition coefficient (Wildman–Crippen LogP) is 3.55. The molecule has 4 rings (SSSR count). The van der Waals surface area contributed by atoms with Crippen LogP contribution in [0.3, 0.4) is 0 Å². The van der Waals surface area contributed by atoms with E-state index in [4.69, 9.17) is 9.72 Å². The maximum atomic E-state index is 13.1. The van der Waals surface area contributed by atoms with Crippen molar-refractivity contribution in [1.29, 1.82) is 0 Å². The lowest BCUT2D eigenvalue weighted by molar-refractivity contribution is -0.121. The molecule has 1 aliphatic rings. The minimum absolute atomic E-state index is 0.0576. The van der Waals surface area contributed by atoms with Crippen LogP contribution in [0, 0.1) is 0 Å². The minimum Gasteiger partial charge on any atom is -0.494 e. The van der Waals surface area contributed by atoms with Crippen LogP contribution in [-0.4, -0.2) is 35.2 Å². The third-order valence-electron chi connectivity index (χ3n) is 5.45. The number of fused-ring (bicyclic) bond motifs is 1. The Bertz CT molecular complexity index is 1100. The molecule has 31 heavy (non-hydrogen) atoms. The number of benzene rings is 1. The summed E-state index contributed by atoms with van der Waals surface area (Å²) in [6.45, 7) is 5.07. The second-order valence-electron chi connectivity index (χ2n) is 7.66. The standard InChI is InChI=1S/C23H28N4O3S/c1-2-30-18-8-6-7-17(15-18)16-24-20(28)9-13-27-22(29)21-19(10-14-31-21)25-23(27)26-11-4-3-5-12-26/h6-8,10,14-15H,2-5,9,11-13,16H2,1H3,(H,24,28). The summed E-state index contributed by atoms with van der Waals surface area (Å²) in [7, 11) is 0. The van der Waals surface area contributed by atoms with Crippen LogP contribution in [0.1, 0.15) is 38.2 Å². The normalized spacial score (nSPS) is 14.0. The molecule has 1 aliphatic heterocycles. The highest BCUT2D eigenvalue weighted by atomic mass is 32.1. The molecule has 0 spiro atoms. The van der Waals surface area contributed by atoms with Crippen molar-refractivity contribution >= 4 is 33.4 Å². The van der Waals surface area contributed by atoms with Crippen molar-refractivity contribution in [2.24, 2.45) is 0 Å². The van der Waals surface area contributed by atoms with Gasteiger partial charge in [-0.05, 0) is 55.3 Å². The van der Waals surface area contributed by atoms with Crippen LogP contribution in [0.4, 0.5) is 5.95 Å². The average molecular weight is 441 g/mol. The van der Waals surface area contributed by atoms with E-state index in [0.29, 0.717) is 30.3 Å². The summed E-state index contributed by atoms with van der Waals surface area (Å²) in [5, 5.41) is 4.84. The van der Waals surface area contributed by atoms with Crippen molar-refractivity contribution in [3.05, 3.63) is 51.6 Å². The Balaban J connectivity index is 1.45. The number of rotatable bonds is 8. The lowest BCUT2D eigenvalue weighted by atomic mass is 10.1. The van der Waals surface area contributed by atoms with E-state index in [9.17, 15) is 9.59 Å². The highest BCUT2D eigenvalue weighted by molar-refractivity contribution is 7.17. The maximum absolute atomic E-state index is 13.1. The van der Waals surface area contributed by atoms with Gasteiger partial charge in [-0.3, -0.25) is 14.2 Å². The van der Waals surface area contributed by atoms with Crippen molar-refractivity contribution < 1.29 is 9.53 Å². The van der Waals surface area contributed by atoms with Gasteiger partial charge in [0.15, 0.2) is 0 Å². The Morgan fingerprint density at radius 2 is 2.06 bits per heavy atom. The highest BCUT2D eigenvalue weighted by Crippen LogP contribution is 2.22. The van der Waals surface area contributed by atoms with Crippen LogP contribution in [-0.2, 0) is 17.9 Å². The fraction of sp³-hybridized carbons (Fsp3) is 0.435. The number of anilines is 1. The number of thiophene rings is 1. The van der Waals surface area contributed by atoms with E-state index in [2.05, 4.69) is 10.2 Å². The molecule has 1 aromatic carbocycles. The van der Waals surface area contributed by atoms with Crippen molar-refractivity contribution in [3.8, 4) is 5.75 Å². The topological polar surface area (TPSA) is 76.5 Å². The van der Waals surface area contributed by atoms with Gasteiger partial charge in [0.2, 0.25) is 11.9 Å². The molecule has 0 radical (unpaired) electrons. The summed E-state index contributed by atoms with van der Waals surface area (Å²) in [6.07, 6.45) is 3.62. The second-order valence-corrected chi connectivity index (χ2v) is 8.57. The Kier molecular flexibility index (Phi) is 6.86. The number of ether oxygens (including phenoxy) is 1. The largest absolute Gasteiger partial charge is 0.494 e. The van der Waals surface area contributed by atoms with E-state index < -0.39 is 0 Å². The molecule has 1 fully saturated rings. The number of hydrogen-bond acceptors (Lipinski definition) is 6. The highest BCUT2D eigenvalue weighted by Gasteiger charge is 2.20. The second kappa shape index (κ2) is 9.96. The monoisotopic (exact) mass is 440 g/mol. The van der Waals surface area contributed by atoms with Gasteiger partial charge in [-0.1, -0.05) is 12.1 Å². The summed E-state index contributed by atoms with van der Waals surface area (Å²) in [5.41, 5.74) is 1.66. The summed E-state index contributed by atoms with van der Waals surface area (Å²) in [6, 6.07) is 9.59. The molecule has 7 nitrogen and oxygen atoms in total. The van der Waals surface area contributed by atoms with Gasteiger partial charge in [0.25, 0.3) is 5.56 Å². The van der Waals surface area contributed by atoms with Crippen molar-refractivity contribution in [1.82, 2.24) is 14.9 Å². The molecule has 3 heterocycles. The first-order valence-corrected chi connectivity index (χ1v) is 11.7. The molecular weight excluding hydrogens is 412 g/mol. The van der Waals surface area contributed by atoms with Gasteiger partial charge < -0.3 is 15.0 Å². The van der Waals surface area contributed by atoms with Gasteiger partial charge in [-0.25, -0.2) is 4.98 Å². The zero-order chi connectivity index (χ0) is 21.6. The smallest absolute Gasteiger partial charge is 0.272 e. The first-order chi connectivity index (χ1) is 15.2. The average Bonchev–Trinajstić information content (AvgIpc) is 3.27. The van der Waals surface area contributed by atoms with Gasteiger partial charge in [-0.2, -0.15) is 0 Å². The van der Waals surface area contributed by atoms with Gasteiger partial charge >= 0.3 is 0 Å². The molecule has 164 valence electrons. The Morgan fingerprint density at radius 3 is 2.87 bits per heavy atom. The molecule has 0 bridgehead atoms. The predicted molar refractivity (Wildman–Crippen MR) is 124 cm³/mol. The Labute approximate surface area is 185 Å². The molecule has 0 unspecified atom stereocenters. The molecule has 1 N–H and O–H groups in total. The van der Waals surface area contributed by atoms with Crippen molar-refractivity contribution in [2.45, 2.75) is 45.7 Å². The summed E-state index contributed by atoms with van der Waals surface area (Å²) in [5.74, 6) is 1.39. The first kappa shape index (κ1) is 21.4. The van der Waals surface area contributed by atoms with Crippen LogP contribution in [0.5, 0.6) is 5.75 Å². The number of carbonyl (C=O) groups excluding carboxylic acids is 1. The number of nitrogens with zero attached hydrogens (tertiary/aromatic N) is 3. The van der Waals surface area contributed by atoms with Gasteiger partial charge in [-0.15, -0.1) is 11.3 Å². The summed E-state index contributed by atoms with van der Waals surface area (Å²) in [4.78, 5) is 32.6. The number of amides is 1. The van der Waals surface area contributed by atoms with E-state index in [0.717, 1.165) is 42.8 Å². The number of carbonyl (C=O) groups is 1. The van der Waals surface area contributed by atoms with E-state index in [-0.39, 0.29) is 17.9 Å². The number of hydrogen-bond donors (Lipinski definition) is 1. The number of nitrogens with one attached hydrogen (secondary N) is 1. The molecule has 3 aromatic rings. The molecule has 8 heteroatoms. The van der Waals surface area contributed by atoms with E-state index in [1.807, 2.05) is 42.6 Å². The molecular formula is C23H28N4O3S. The summed E-state index contributed by atoms with van der Waals surface area (Å²) < 4.78 is 7.84. The van der Waals surface area contributed by atoms with Crippen LogP contribution < -0.4 is 20.5 Å². The van der Waals surface area contributed by atoms with Gasteiger partial charge in [0.05, 0.1) is 12.1 Å². The van der Waals surface area contributed by atoms with E-state index >= 15 is 0 Å². The third-order valence-corrected chi connectivity index (χ3v) is 6.34. The Hall–Kier alpha value is -2.87. The van der Waals surface area contributed by atoms with Crippen LogP contribution in [0.2, 0.25) is 0 Å². The van der Waals surface area contributed by atoms with Crippen molar-refractivity contribution in [2.75, 3.05) is 24.6 Å². The summed E-state index contributed by atoms with van der Waals surface area (Å²) >= 11 is 1.40. The third kappa shape index (κ3) is 5.07. The van der Waals surface area contributed by atoms with Crippen LogP contribution in [0.25, 0.3) is 10.2 Å². The van der Waals surface area contributed by atoms with Crippen molar-refractivity contribution in [3.63, 3.8) is 0 Å². The zero-order valence-electron chi connectivity index (χ0n) is 17.8. The van der Waals surface area contributed by atoms with Crippen LogP contribution >= 0.6 is 11.3 Å².